The monoisotopic (exact) mass is 207 g/mol. The normalized spacial score (nSPS) is 17.4. The van der Waals surface area contributed by atoms with E-state index in [-0.39, 0.29) is 0 Å². The van der Waals surface area contributed by atoms with Crippen LogP contribution in [0, 0.1) is 38.2 Å². The molecule has 0 unspecified atom stereocenters. The summed E-state index contributed by atoms with van der Waals surface area (Å²) < 4.78 is 0. The lowest BCUT2D eigenvalue weighted by Crippen LogP contribution is -2.04. The lowest BCUT2D eigenvalue weighted by Gasteiger charge is -2.07. The summed E-state index contributed by atoms with van der Waals surface area (Å²) in [7, 11) is 0. The molecule has 0 aromatic heterocycles. The number of para-hydroxylation sites is 2. The van der Waals surface area contributed by atoms with E-state index in [0.29, 0.717) is 5.69 Å². The first-order valence-corrected chi connectivity index (χ1v) is 5.05. The molecule has 0 spiro atoms. The third-order valence-corrected chi connectivity index (χ3v) is 2.37. The minimum atomic E-state index is 0.591. The molecule has 5 radical (unpaired) electrons. The Kier molecular flexibility index (Phi) is 3.36. The van der Waals surface area contributed by atoms with Gasteiger partial charge in [0.15, 0.2) is 0 Å². The van der Waals surface area contributed by atoms with Gasteiger partial charge in [-0.05, 0) is 38.7 Å². The molecule has 1 aliphatic rings. The maximum atomic E-state index is 7.06. The molecule has 77 valence electrons. The first-order chi connectivity index (χ1) is 7.81. The molecule has 2 nitrogen and oxygen atoms in total. The van der Waals surface area contributed by atoms with Crippen LogP contribution in [0.3, 0.4) is 0 Å². The summed E-state index contributed by atoms with van der Waals surface area (Å²) in [5, 5.41) is 0. The van der Waals surface area contributed by atoms with Gasteiger partial charge < -0.3 is 0 Å². The van der Waals surface area contributed by atoms with Crippen molar-refractivity contribution in [1.29, 1.82) is 0 Å². The fourth-order valence-electron chi connectivity index (χ4n) is 1.51. The van der Waals surface area contributed by atoms with Gasteiger partial charge in [0.25, 0.3) is 0 Å². The molecule has 16 heavy (non-hydrogen) atoms. The van der Waals surface area contributed by atoms with Crippen LogP contribution in [0.1, 0.15) is 6.92 Å². The highest BCUT2D eigenvalue weighted by molar-refractivity contribution is 6.02. The zero-order chi connectivity index (χ0) is 11.4. The Morgan fingerprint density at radius 1 is 1.19 bits per heavy atom. The molecule has 1 saturated carbocycles. The van der Waals surface area contributed by atoms with Crippen LogP contribution in [-0.4, -0.2) is 5.71 Å². The van der Waals surface area contributed by atoms with Crippen LogP contribution in [0.25, 0.3) is 4.85 Å². The van der Waals surface area contributed by atoms with Crippen molar-refractivity contribution in [2.24, 2.45) is 4.99 Å². The summed E-state index contributed by atoms with van der Waals surface area (Å²) in [6, 6.07) is 7.39. The molecule has 1 fully saturated rings. The van der Waals surface area contributed by atoms with Gasteiger partial charge in [-0.3, -0.25) is 4.99 Å². The van der Waals surface area contributed by atoms with Crippen molar-refractivity contribution in [3.63, 3.8) is 0 Å². The van der Waals surface area contributed by atoms with Crippen molar-refractivity contribution in [3.8, 4) is 0 Å². The molecule has 0 amide bonds. The van der Waals surface area contributed by atoms with E-state index >= 15 is 0 Å². The molecule has 0 aliphatic heterocycles. The molecule has 0 saturated heterocycles. The first-order valence-electron chi connectivity index (χ1n) is 5.05. The Morgan fingerprint density at radius 3 is 2.56 bits per heavy atom. The highest BCUT2D eigenvalue weighted by Crippen LogP contribution is 2.30. The third-order valence-electron chi connectivity index (χ3n) is 2.37. The van der Waals surface area contributed by atoms with E-state index in [1.165, 1.54) is 0 Å². The van der Waals surface area contributed by atoms with E-state index < -0.39 is 0 Å². The van der Waals surface area contributed by atoms with E-state index in [1.54, 1.807) is 6.07 Å². The summed E-state index contributed by atoms with van der Waals surface area (Å²) in [5.74, 6) is 1.10. The number of nitrogens with zero attached hydrogens (tertiary/aromatic N) is 2. The summed E-state index contributed by atoms with van der Waals surface area (Å²) in [5.41, 5.74) is 2.26. The molecule has 0 heterocycles. The van der Waals surface area contributed by atoms with Gasteiger partial charge in [0.2, 0.25) is 5.69 Å². The zero-order valence-corrected chi connectivity index (χ0v) is 9.01. The summed E-state index contributed by atoms with van der Waals surface area (Å²) in [6.45, 7) is 9.01. The Balaban J connectivity index is 2.24. The Morgan fingerprint density at radius 2 is 1.88 bits per heavy atom. The average molecular weight is 207 g/mol. The molecule has 1 aromatic carbocycles. The number of hydrogen-bond donors (Lipinski definition) is 0. The number of benzene rings is 1. The van der Waals surface area contributed by atoms with Crippen molar-refractivity contribution < 1.29 is 0 Å². The summed E-state index contributed by atoms with van der Waals surface area (Å²) in [4.78, 5) is 7.92. The molecular weight excluding hydrogens is 196 g/mol. The average Bonchev–Trinajstić information content (AvgIpc) is 2.83. The van der Waals surface area contributed by atoms with Gasteiger partial charge in [-0.1, -0.05) is 18.2 Å². The van der Waals surface area contributed by atoms with Crippen molar-refractivity contribution in [3.05, 3.63) is 67.3 Å². The number of hydrogen-bond acceptors (Lipinski definition) is 1. The standard InChI is InChI=1S/C14H11N2/c1-11(12-7-3-4-8-12)16-14-10-6-5-9-13(14)15-2/h3-10H,1H3. The Labute approximate surface area is 96.8 Å². The molecule has 0 N–H and O–H groups in total. The fraction of sp³-hybridized carbons (Fsp3) is 0.0714. The molecule has 2 rings (SSSR count). The molecule has 1 aliphatic carbocycles. The van der Waals surface area contributed by atoms with Crippen LogP contribution in [-0.2, 0) is 0 Å². The van der Waals surface area contributed by atoms with Crippen molar-refractivity contribution in [2.45, 2.75) is 6.92 Å². The van der Waals surface area contributed by atoms with Crippen LogP contribution in [0.4, 0.5) is 11.4 Å². The quantitative estimate of drug-likeness (QED) is 0.519. The minimum absolute atomic E-state index is 0.591. The van der Waals surface area contributed by atoms with Gasteiger partial charge in [-0.2, -0.15) is 0 Å². The van der Waals surface area contributed by atoms with Gasteiger partial charge in [0.1, 0.15) is 0 Å². The SMILES string of the molecule is [C-]#[N+]c1ccccc1N=C(C)[C]1[CH][CH][CH][CH]1. The summed E-state index contributed by atoms with van der Waals surface area (Å²) in [6.07, 6.45) is 7.99. The molecule has 1 aromatic rings. The first kappa shape index (κ1) is 10.9. The fourth-order valence-corrected chi connectivity index (χ4v) is 1.51. The predicted octanol–water partition coefficient (Wildman–Crippen LogP) is 3.74. The van der Waals surface area contributed by atoms with Crippen LogP contribution >= 0.6 is 0 Å². The van der Waals surface area contributed by atoms with Crippen molar-refractivity contribution in [2.75, 3.05) is 0 Å². The third kappa shape index (κ3) is 2.30. The molecule has 0 atom stereocenters. The van der Waals surface area contributed by atoms with Gasteiger partial charge in [0, 0.05) is 11.6 Å². The van der Waals surface area contributed by atoms with E-state index in [2.05, 4.69) is 9.84 Å². The van der Waals surface area contributed by atoms with Crippen molar-refractivity contribution >= 4 is 17.1 Å². The van der Waals surface area contributed by atoms with Crippen molar-refractivity contribution in [1.82, 2.24) is 0 Å². The van der Waals surface area contributed by atoms with E-state index in [0.717, 1.165) is 17.3 Å². The number of aliphatic imine (C=N–C) groups is 1. The lowest BCUT2D eigenvalue weighted by atomic mass is 10.0. The lowest BCUT2D eigenvalue weighted by molar-refractivity contribution is 1.37. The maximum Gasteiger partial charge on any atom is 0.212 e. The summed E-state index contributed by atoms with van der Waals surface area (Å²) >= 11 is 0. The van der Waals surface area contributed by atoms with Gasteiger partial charge in [-0.25, -0.2) is 4.85 Å². The molecular formula is C14H11N2. The smallest absolute Gasteiger partial charge is 0.212 e. The Hall–Kier alpha value is -1.62. The zero-order valence-electron chi connectivity index (χ0n) is 9.01. The van der Waals surface area contributed by atoms with Gasteiger partial charge in [-0.15, -0.1) is 0 Å². The van der Waals surface area contributed by atoms with Crippen LogP contribution in [0.5, 0.6) is 0 Å². The molecule has 2 heteroatoms. The van der Waals surface area contributed by atoms with E-state index in [1.807, 2.05) is 50.8 Å². The topological polar surface area (TPSA) is 16.7 Å². The van der Waals surface area contributed by atoms with Crippen LogP contribution < -0.4 is 0 Å². The van der Waals surface area contributed by atoms with Gasteiger partial charge >= 0.3 is 0 Å². The van der Waals surface area contributed by atoms with Crippen LogP contribution in [0.15, 0.2) is 29.3 Å². The second-order valence-electron chi connectivity index (χ2n) is 3.47. The minimum Gasteiger partial charge on any atom is -0.269 e. The second kappa shape index (κ2) is 4.94. The second-order valence-corrected chi connectivity index (χ2v) is 3.47. The Bertz CT molecular complexity index is 434. The molecule has 0 bridgehead atoms. The highest BCUT2D eigenvalue weighted by Gasteiger charge is 2.19. The van der Waals surface area contributed by atoms with E-state index in [9.17, 15) is 0 Å². The largest absolute Gasteiger partial charge is 0.269 e. The predicted molar refractivity (Wildman–Crippen MR) is 65.9 cm³/mol. The highest BCUT2D eigenvalue weighted by atomic mass is 14.8. The maximum absolute atomic E-state index is 7.06. The van der Waals surface area contributed by atoms with Gasteiger partial charge in [0.05, 0.1) is 12.3 Å². The van der Waals surface area contributed by atoms with E-state index in [4.69, 9.17) is 6.57 Å². The van der Waals surface area contributed by atoms with Crippen LogP contribution in [0.2, 0.25) is 0 Å². The number of rotatable bonds is 2.